The number of benzene rings is 1. The lowest BCUT2D eigenvalue weighted by molar-refractivity contribution is -0.130. The minimum Gasteiger partial charge on any atom is -0.493 e. The zero-order valence-corrected chi connectivity index (χ0v) is 15.2. The lowest BCUT2D eigenvalue weighted by atomic mass is 9.78. The SMILES string of the molecule is CC(=O)N1CCC([C@@H]2CN(C(C)=O)C[C@H]2COc2ccccc2)CC1. The van der Waals surface area contributed by atoms with Gasteiger partial charge in [0, 0.05) is 45.9 Å². The molecule has 2 heterocycles. The van der Waals surface area contributed by atoms with Gasteiger partial charge in [-0.15, -0.1) is 0 Å². The van der Waals surface area contributed by atoms with E-state index in [4.69, 9.17) is 4.74 Å². The molecule has 2 aliphatic heterocycles. The first-order valence-electron chi connectivity index (χ1n) is 9.23. The molecule has 2 atom stereocenters. The van der Waals surface area contributed by atoms with E-state index in [-0.39, 0.29) is 11.8 Å². The summed E-state index contributed by atoms with van der Waals surface area (Å²) in [5, 5.41) is 0. The molecule has 2 amide bonds. The van der Waals surface area contributed by atoms with Crippen LogP contribution in [0.4, 0.5) is 0 Å². The summed E-state index contributed by atoms with van der Waals surface area (Å²) in [7, 11) is 0. The molecule has 1 aromatic rings. The number of hydrogen-bond donors (Lipinski definition) is 0. The van der Waals surface area contributed by atoms with E-state index in [1.807, 2.05) is 40.1 Å². The average Bonchev–Trinajstić information content (AvgIpc) is 3.05. The number of hydrogen-bond acceptors (Lipinski definition) is 3. The molecule has 25 heavy (non-hydrogen) atoms. The van der Waals surface area contributed by atoms with Crippen LogP contribution in [0.5, 0.6) is 5.75 Å². The van der Waals surface area contributed by atoms with E-state index in [0.717, 1.165) is 44.8 Å². The summed E-state index contributed by atoms with van der Waals surface area (Å²) in [6.45, 7) is 7.21. The molecule has 0 bridgehead atoms. The van der Waals surface area contributed by atoms with E-state index >= 15 is 0 Å². The lowest BCUT2D eigenvalue weighted by Crippen LogP contribution is -2.40. The van der Waals surface area contributed by atoms with Gasteiger partial charge >= 0.3 is 0 Å². The predicted octanol–water partition coefficient (Wildman–Crippen LogP) is 2.42. The molecular weight excluding hydrogens is 316 g/mol. The summed E-state index contributed by atoms with van der Waals surface area (Å²) < 4.78 is 6.00. The topological polar surface area (TPSA) is 49.9 Å². The number of ether oxygens (including phenoxy) is 1. The molecule has 2 saturated heterocycles. The normalized spacial score (nSPS) is 24.4. The first-order chi connectivity index (χ1) is 12.0. The van der Waals surface area contributed by atoms with Gasteiger partial charge in [-0.3, -0.25) is 9.59 Å². The van der Waals surface area contributed by atoms with Gasteiger partial charge in [-0.05, 0) is 36.8 Å². The smallest absolute Gasteiger partial charge is 0.219 e. The van der Waals surface area contributed by atoms with Gasteiger partial charge in [-0.25, -0.2) is 0 Å². The quantitative estimate of drug-likeness (QED) is 0.843. The van der Waals surface area contributed by atoms with Crippen molar-refractivity contribution in [2.75, 3.05) is 32.8 Å². The molecular formula is C20H28N2O3. The van der Waals surface area contributed by atoms with Crippen LogP contribution < -0.4 is 4.74 Å². The van der Waals surface area contributed by atoms with Crippen LogP contribution >= 0.6 is 0 Å². The summed E-state index contributed by atoms with van der Waals surface area (Å²) in [5.41, 5.74) is 0. The van der Waals surface area contributed by atoms with Crippen LogP contribution in [0.25, 0.3) is 0 Å². The summed E-state index contributed by atoms with van der Waals surface area (Å²) in [6.07, 6.45) is 2.05. The molecule has 3 rings (SSSR count). The number of amides is 2. The van der Waals surface area contributed by atoms with Crippen LogP contribution in [0.2, 0.25) is 0 Å². The lowest BCUT2D eigenvalue weighted by Gasteiger charge is -2.36. The molecule has 2 aliphatic rings. The second-order valence-electron chi connectivity index (χ2n) is 7.32. The summed E-state index contributed by atoms with van der Waals surface area (Å²) in [4.78, 5) is 27.3. The monoisotopic (exact) mass is 344 g/mol. The minimum atomic E-state index is 0.147. The molecule has 2 fully saturated rings. The Labute approximate surface area is 149 Å². The fourth-order valence-electron chi connectivity index (χ4n) is 4.23. The molecule has 0 aromatic heterocycles. The highest BCUT2D eigenvalue weighted by Gasteiger charge is 2.40. The van der Waals surface area contributed by atoms with E-state index in [9.17, 15) is 9.59 Å². The van der Waals surface area contributed by atoms with E-state index in [1.54, 1.807) is 13.8 Å². The number of para-hydroxylation sites is 1. The number of likely N-dealkylation sites (tertiary alicyclic amines) is 2. The molecule has 0 aliphatic carbocycles. The zero-order chi connectivity index (χ0) is 17.8. The third-order valence-electron chi connectivity index (χ3n) is 5.73. The fourth-order valence-corrected chi connectivity index (χ4v) is 4.23. The Morgan fingerprint density at radius 1 is 1.00 bits per heavy atom. The maximum Gasteiger partial charge on any atom is 0.219 e. The van der Waals surface area contributed by atoms with Gasteiger partial charge < -0.3 is 14.5 Å². The van der Waals surface area contributed by atoms with Gasteiger partial charge in [0.25, 0.3) is 0 Å². The Morgan fingerprint density at radius 3 is 2.24 bits per heavy atom. The van der Waals surface area contributed by atoms with Gasteiger partial charge in [-0.2, -0.15) is 0 Å². The van der Waals surface area contributed by atoms with Gasteiger partial charge in [-0.1, -0.05) is 18.2 Å². The number of carbonyl (C=O) groups is 2. The molecule has 0 N–H and O–H groups in total. The number of nitrogens with zero attached hydrogens (tertiary/aromatic N) is 2. The summed E-state index contributed by atoms with van der Waals surface area (Å²) in [6, 6.07) is 9.86. The fraction of sp³-hybridized carbons (Fsp3) is 0.600. The van der Waals surface area contributed by atoms with E-state index < -0.39 is 0 Å². The molecule has 5 heteroatoms. The summed E-state index contributed by atoms with van der Waals surface area (Å²) in [5.74, 6) is 2.57. The van der Waals surface area contributed by atoms with Crippen LogP contribution in [0.15, 0.2) is 30.3 Å². The van der Waals surface area contributed by atoms with Crippen molar-refractivity contribution in [1.82, 2.24) is 9.80 Å². The van der Waals surface area contributed by atoms with Gasteiger partial charge in [0.1, 0.15) is 5.75 Å². The van der Waals surface area contributed by atoms with Crippen LogP contribution in [-0.2, 0) is 9.59 Å². The van der Waals surface area contributed by atoms with Crippen molar-refractivity contribution >= 4 is 11.8 Å². The maximum absolute atomic E-state index is 11.9. The maximum atomic E-state index is 11.9. The Bertz CT molecular complexity index is 596. The van der Waals surface area contributed by atoms with Gasteiger partial charge in [0.15, 0.2) is 0 Å². The third kappa shape index (κ3) is 4.33. The Balaban J connectivity index is 1.62. The van der Waals surface area contributed by atoms with Crippen molar-refractivity contribution < 1.29 is 14.3 Å². The van der Waals surface area contributed by atoms with Gasteiger partial charge in [0.05, 0.1) is 6.61 Å². The standard InChI is InChI=1S/C20H28N2O3/c1-15(23)21-10-8-17(9-11-21)20-13-22(16(2)24)12-18(20)14-25-19-6-4-3-5-7-19/h3-7,17-18,20H,8-14H2,1-2H3/t18-,20-/m0/s1. The average molecular weight is 344 g/mol. The van der Waals surface area contributed by atoms with Crippen molar-refractivity contribution in [2.24, 2.45) is 17.8 Å². The minimum absolute atomic E-state index is 0.147. The highest BCUT2D eigenvalue weighted by Crippen LogP contribution is 2.36. The highest BCUT2D eigenvalue weighted by atomic mass is 16.5. The second-order valence-corrected chi connectivity index (χ2v) is 7.32. The molecule has 5 nitrogen and oxygen atoms in total. The molecule has 0 spiro atoms. The first kappa shape index (κ1) is 17.8. The second kappa shape index (κ2) is 7.89. The molecule has 0 saturated carbocycles. The third-order valence-corrected chi connectivity index (χ3v) is 5.73. The number of rotatable bonds is 4. The Kier molecular flexibility index (Phi) is 5.61. The first-order valence-corrected chi connectivity index (χ1v) is 9.23. The van der Waals surface area contributed by atoms with E-state index in [0.29, 0.717) is 24.4 Å². The van der Waals surface area contributed by atoms with Crippen molar-refractivity contribution in [2.45, 2.75) is 26.7 Å². The van der Waals surface area contributed by atoms with Crippen molar-refractivity contribution in [1.29, 1.82) is 0 Å². The Hall–Kier alpha value is -2.04. The zero-order valence-electron chi connectivity index (χ0n) is 15.2. The number of piperidine rings is 1. The molecule has 0 radical (unpaired) electrons. The van der Waals surface area contributed by atoms with E-state index in [2.05, 4.69) is 0 Å². The van der Waals surface area contributed by atoms with Crippen molar-refractivity contribution in [3.8, 4) is 5.75 Å². The van der Waals surface area contributed by atoms with Crippen molar-refractivity contribution in [3.63, 3.8) is 0 Å². The van der Waals surface area contributed by atoms with Crippen LogP contribution in [0.1, 0.15) is 26.7 Å². The van der Waals surface area contributed by atoms with Gasteiger partial charge in [0.2, 0.25) is 11.8 Å². The molecule has 1 aromatic carbocycles. The highest BCUT2D eigenvalue weighted by molar-refractivity contribution is 5.74. The van der Waals surface area contributed by atoms with Crippen LogP contribution in [-0.4, -0.2) is 54.4 Å². The van der Waals surface area contributed by atoms with Crippen LogP contribution in [0.3, 0.4) is 0 Å². The summed E-state index contributed by atoms with van der Waals surface area (Å²) >= 11 is 0. The number of carbonyl (C=O) groups excluding carboxylic acids is 2. The Morgan fingerprint density at radius 2 is 1.64 bits per heavy atom. The van der Waals surface area contributed by atoms with Crippen molar-refractivity contribution in [3.05, 3.63) is 30.3 Å². The molecule has 0 unspecified atom stereocenters. The largest absolute Gasteiger partial charge is 0.493 e. The van der Waals surface area contributed by atoms with E-state index in [1.165, 1.54) is 0 Å². The molecule has 136 valence electrons. The predicted molar refractivity (Wildman–Crippen MR) is 96.1 cm³/mol. The van der Waals surface area contributed by atoms with Crippen LogP contribution in [0, 0.1) is 17.8 Å².